The third-order valence-corrected chi connectivity index (χ3v) is 5.32. The topological polar surface area (TPSA) is 102 Å². The molecule has 2 fully saturated rings. The molecule has 4 amide bonds. The van der Waals surface area contributed by atoms with Gasteiger partial charge in [-0.15, -0.1) is 0 Å². The van der Waals surface area contributed by atoms with Crippen LogP contribution >= 0.6 is 0 Å². The van der Waals surface area contributed by atoms with E-state index in [9.17, 15) is 14.4 Å². The number of anilines is 1. The van der Waals surface area contributed by atoms with Gasteiger partial charge in [-0.2, -0.15) is 5.26 Å². The molecule has 0 bridgehead atoms. The number of nitrogens with one attached hydrogen (secondary N) is 2. The zero-order valence-electron chi connectivity index (χ0n) is 14.7. The smallest absolute Gasteiger partial charge is 0.325 e. The van der Waals surface area contributed by atoms with Crippen molar-refractivity contribution in [1.82, 2.24) is 10.2 Å². The summed E-state index contributed by atoms with van der Waals surface area (Å²) in [7, 11) is 0. The number of imide groups is 1. The van der Waals surface area contributed by atoms with Gasteiger partial charge in [0.15, 0.2) is 0 Å². The lowest BCUT2D eigenvalue weighted by atomic mass is 9.75. The van der Waals surface area contributed by atoms with E-state index in [0.29, 0.717) is 11.3 Å². The number of hydrogen-bond acceptors (Lipinski definition) is 4. The monoisotopic (exact) mass is 354 g/mol. The normalized spacial score (nSPS) is 23.5. The molecule has 0 aromatic heterocycles. The summed E-state index contributed by atoms with van der Waals surface area (Å²) in [5.74, 6) is -0.672. The Balaban J connectivity index is 1.65. The van der Waals surface area contributed by atoms with E-state index in [1.165, 1.54) is 0 Å². The predicted molar refractivity (Wildman–Crippen MR) is 95.0 cm³/mol. The van der Waals surface area contributed by atoms with Crippen LogP contribution in [0.4, 0.5) is 10.5 Å². The molecule has 0 spiro atoms. The molecule has 1 saturated carbocycles. The number of carbonyl (C=O) groups excluding carboxylic acids is 3. The number of amides is 4. The van der Waals surface area contributed by atoms with Gasteiger partial charge in [-0.25, -0.2) is 4.79 Å². The van der Waals surface area contributed by atoms with Gasteiger partial charge < -0.3 is 10.6 Å². The standard InChI is InChI=1S/C19H22N4O3/c1-19(14-5-3-2-4-6-14)17(25)23(18(26)22-19)12-16(24)21-15-9-7-13(11-20)8-10-15/h7-10,14H,2-6,12H2,1H3,(H,21,24)(H,22,26)/t19-/m1/s1. The molecular weight excluding hydrogens is 332 g/mol. The number of carbonyl (C=O) groups is 3. The maximum absolute atomic E-state index is 12.8. The van der Waals surface area contributed by atoms with E-state index < -0.39 is 17.5 Å². The van der Waals surface area contributed by atoms with Gasteiger partial charge in [-0.1, -0.05) is 19.3 Å². The van der Waals surface area contributed by atoms with Crippen molar-refractivity contribution in [3.8, 4) is 6.07 Å². The highest BCUT2D eigenvalue weighted by atomic mass is 16.2. The van der Waals surface area contributed by atoms with Gasteiger partial charge in [-0.3, -0.25) is 14.5 Å². The second kappa shape index (κ2) is 7.16. The van der Waals surface area contributed by atoms with Crippen LogP contribution < -0.4 is 10.6 Å². The zero-order valence-corrected chi connectivity index (χ0v) is 14.7. The minimum atomic E-state index is -0.924. The second-order valence-corrected chi connectivity index (χ2v) is 7.10. The molecule has 7 nitrogen and oxygen atoms in total. The fraction of sp³-hybridized carbons (Fsp3) is 0.474. The molecule has 0 radical (unpaired) electrons. The molecule has 0 unspecified atom stereocenters. The lowest BCUT2D eigenvalue weighted by Crippen LogP contribution is -2.51. The molecule has 1 atom stereocenters. The van der Waals surface area contributed by atoms with Gasteiger partial charge in [0.05, 0.1) is 11.6 Å². The molecule has 1 saturated heterocycles. The van der Waals surface area contributed by atoms with Gasteiger partial charge in [-0.05, 0) is 49.9 Å². The van der Waals surface area contributed by atoms with Crippen LogP contribution in [0.2, 0.25) is 0 Å². The van der Waals surface area contributed by atoms with Crippen LogP contribution in [-0.4, -0.2) is 34.8 Å². The summed E-state index contributed by atoms with van der Waals surface area (Å²) in [6.45, 7) is 1.44. The molecule has 2 N–H and O–H groups in total. The van der Waals surface area contributed by atoms with E-state index in [1.54, 1.807) is 31.2 Å². The van der Waals surface area contributed by atoms with Crippen molar-refractivity contribution < 1.29 is 14.4 Å². The highest BCUT2D eigenvalue weighted by Gasteiger charge is 2.52. The summed E-state index contributed by atoms with van der Waals surface area (Å²) in [4.78, 5) is 38.4. The summed E-state index contributed by atoms with van der Waals surface area (Å²) in [5.41, 5.74) is 0.0723. The first-order chi connectivity index (χ1) is 12.4. The molecule has 136 valence electrons. The Hall–Kier alpha value is -2.88. The Morgan fingerprint density at radius 1 is 1.27 bits per heavy atom. The summed E-state index contributed by atoms with van der Waals surface area (Å²) in [6.07, 6.45) is 5.10. The Bertz CT molecular complexity index is 762. The van der Waals surface area contributed by atoms with Gasteiger partial charge in [0.2, 0.25) is 5.91 Å². The first-order valence-corrected chi connectivity index (χ1v) is 8.88. The Kier molecular flexibility index (Phi) is 4.94. The number of nitrogens with zero attached hydrogens (tertiary/aromatic N) is 2. The summed E-state index contributed by atoms with van der Waals surface area (Å²) in [5, 5.41) is 14.2. The molecule has 1 aliphatic carbocycles. The van der Waals surface area contributed by atoms with Gasteiger partial charge >= 0.3 is 6.03 Å². The van der Waals surface area contributed by atoms with E-state index >= 15 is 0 Å². The van der Waals surface area contributed by atoms with Crippen molar-refractivity contribution >= 4 is 23.5 Å². The van der Waals surface area contributed by atoms with Crippen molar-refractivity contribution in [2.24, 2.45) is 5.92 Å². The zero-order chi connectivity index (χ0) is 18.7. The number of nitriles is 1. The third kappa shape index (κ3) is 3.40. The fourth-order valence-corrected chi connectivity index (χ4v) is 3.79. The van der Waals surface area contributed by atoms with Gasteiger partial charge in [0, 0.05) is 5.69 Å². The van der Waals surface area contributed by atoms with Crippen molar-refractivity contribution in [3.63, 3.8) is 0 Å². The van der Waals surface area contributed by atoms with E-state index in [4.69, 9.17) is 5.26 Å². The molecule has 1 aliphatic heterocycles. The maximum atomic E-state index is 12.8. The molecule has 1 aromatic carbocycles. The molecule has 3 rings (SSSR count). The van der Waals surface area contributed by atoms with E-state index in [-0.39, 0.29) is 18.4 Å². The highest BCUT2D eigenvalue weighted by molar-refractivity contribution is 6.10. The maximum Gasteiger partial charge on any atom is 0.325 e. The largest absolute Gasteiger partial charge is 0.325 e. The van der Waals surface area contributed by atoms with Crippen LogP contribution in [0.3, 0.4) is 0 Å². The Morgan fingerprint density at radius 2 is 1.92 bits per heavy atom. The second-order valence-electron chi connectivity index (χ2n) is 7.10. The summed E-state index contributed by atoms with van der Waals surface area (Å²) >= 11 is 0. The van der Waals surface area contributed by atoms with E-state index in [1.807, 2.05) is 6.07 Å². The average Bonchev–Trinajstić information content (AvgIpc) is 2.87. The minimum Gasteiger partial charge on any atom is -0.325 e. The van der Waals surface area contributed by atoms with E-state index in [0.717, 1.165) is 37.0 Å². The van der Waals surface area contributed by atoms with Crippen molar-refractivity contribution in [3.05, 3.63) is 29.8 Å². The lowest BCUT2D eigenvalue weighted by Gasteiger charge is -2.34. The number of rotatable bonds is 4. The Labute approximate surface area is 152 Å². The first kappa shape index (κ1) is 17.9. The van der Waals surface area contributed by atoms with Crippen LogP contribution in [0.5, 0.6) is 0 Å². The molecule has 1 heterocycles. The van der Waals surface area contributed by atoms with Gasteiger partial charge in [0.25, 0.3) is 5.91 Å². The number of urea groups is 1. The summed E-state index contributed by atoms with van der Waals surface area (Å²) < 4.78 is 0. The van der Waals surface area contributed by atoms with Crippen LogP contribution in [0.25, 0.3) is 0 Å². The third-order valence-electron chi connectivity index (χ3n) is 5.32. The Morgan fingerprint density at radius 3 is 2.54 bits per heavy atom. The number of hydrogen-bond donors (Lipinski definition) is 2. The predicted octanol–water partition coefficient (Wildman–Crippen LogP) is 2.39. The van der Waals surface area contributed by atoms with Crippen molar-refractivity contribution in [1.29, 1.82) is 5.26 Å². The van der Waals surface area contributed by atoms with Crippen LogP contribution in [0, 0.1) is 17.2 Å². The molecule has 7 heteroatoms. The van der Waals surface area contributed by atoms with Crippen LogP contribution in [-0.2, 0) is 9.59 Å². The number of benzene rings is 1. The SMILES string of the molecule is C[C@]1(C2CCCCC2)NC(=O)N(CC(=O)Nc2ccc(C#N)cc2)C1=O. The molecule has 1 aromatic rings. The van der Waals surface area contributed by atoms with Crippen molar-refractivity contribution in [2.45, 2.75) is 44.6 Å². The molecule has 2 aliphatic rings. The quantitative estimate of drug-likeness (QED) is 0.810. The molecular formula is C19H22N4O3. The van der Waals surface area contributed by atoms with Crippen LogP contribution in [0.1, 0.15) is 44.6 Å². The van der Waals surface area contributed by atoms with E-state index in [2.05, 4.69) is 10.6 Å². The fourth-order valence-electron chi connectivity index (χ4n) is 3.79. The highest BCUT2D eigenvalue weighted by Crippen LogP contribution is 2.36. The average molecular weight is 354 g/mol. The molecule has 26 heavy (non-hydrogen) atoms. The first-order valence-electron chi connectivity index (χ1n) is 8.88. The lowest BCUT2D eigenvalue weighted by molar-refractivity contribution is -0.135. The van der Waals surface area contributed by atoms with Crippen molar-refractivity contribution in [2.75, 3.05) is 11.9 Å². The van der Waals surface area contributed by atoms with Gasteiger partial charge in [0.1, 0.15) is 12.1 Å². The van der Waals surface area contributed by atoms with Crippen LogP contribution in [0.15, 0.2) is 24.3 Å². The minimum absolute atomic E-state index is 0.110. The summed E-state index contributed by atoms with van der Waals surface area (Å²) in [6, 6.07) is 7.87.